The number of carbonyl (C=O) groups excluding carboxylic acids is 1. The van der Waals surface area contributed by atoms with Crippen LogP contribution in [-0.2, 0) is 5.66 Å². The third-order valence-corrected chi connectivity index (χ3v) is 5.05. The summed E-state index contributed by atoms with van der Waals surface area (Å²) in [5.41, 5.74) is 2.01. The molecule has 0 aromatic heterocycles. The molecule has 0 aliphatic carbocycles. The smallest absolute Gasteiger partial charge is 0.258 e. The number of nitrogens with one attached hydrogen (secondary N) is 1. The Balaban J connectivity index is 1.90. The number of hydrogen-bond donors (Lipinski definition) is 1. The largest absolute Gasteiger partial charge is 0.494 e. The van der Waals surface area contributed by atoms with E-state index in [1.807, 2.05) is 54.3 Å². The average molecular weight is 352 g/mol. The number of unbranched alkanes of at least 4 members (excludes halogenated alkanes) is 2. The second-order valence-corrected chi connectivity index (χ2v) is 6.88. The number of fused-ring (bicyclic) bond motifs is 1. The molecule has 2 aromatic carbocycles. The van der Waals surface area contributed by atoms with Crippen LogP contribution < -0.4 is 10.1 Å². The van der Waals surface area contributed by atoms with E-state index in [-0.39, 0.29) is 5.91 Å². The molecule has 1 N–H and O–H groups in total. The maximum atomic E-state index is 13.0. The molecule has 0 spiro atoms. The minimum Gasteiger partial charge on any atom is -0.494 e. The summed E-state index contributed by atoms with van der Waals surface area (Å²) in [6, 6.07) is 15.8. The van der Waals surface area contributed by atoms with Crippen LogP contribution >= 0.6 is 0 Å². The number of nitrogens with zero attached hydrogens (tertiary/aromatic N) is 1. The molecule has 1 aliphatic rings. The van der Waals surface area contributed by atoms with Gasteiger partial charge in [0.05, 0.1) is 12.2 Å². The molecule has 4 heteroatoms. The first-order valence-corrected chi connectivity index (χ1v) is 9.52. The lowest BCUT2D eigenvalue weighted by Gasteiger charge is -2.46. The van der Waals surface area contributed by atoms with Crippen molar-refractivity contribution < 1.29 is 9.53 Å². The van der Waals surface area contributed by atoms with E-state index in [0.29, 0.717) is 6.54 Å². The molecule has 0 bridgehead atoms. The van der Waals surface area contributed by atoms with E-state index in [9.17, 15) is 4.79 Å². The Hall–Kier alpha value is -2.49. The number of benzene rings is 2. The minimum atomic E-state index is -0.608. The summed E-state index contributed by atoms with van der Waals surface area (Å²) in [6.07, 6.45) is 3.41. The van der Waals surface area contributed by atoms with Crippen molar-refractivity contribution in [1.29, 1.82) is 0 Å². The number of hydrogen-bond acceptors (Lipinski definition) is 3. The number of carbonyl (C=O) groups is 1. The van der Waals surface area contributed by atoms with E-state index in [0.717, 1.165) is 35.6 Å². The molecule has 1 amide bonds. The predicted octanol–water partition coefficient (Wildman–Crippen LogP) is 5.02. The highest BCUT2D eigenvalue weighted by Crippen LogP contribution is 2.38. The van der Waals surface area contributed by atoms with Gasteiger partial charge < -0.3 is 15.0 Å². The fourth-order valence-corrected chi connectivity index (χ4v) is 3.58. The SMILES string of the molecule is CCCCCOc1cccc(C2(C)Nc3ccccc3C(=O)N2CC)c1. The topological polar surface area (TPSA) is 41.6 Å². The van der Waals surface area contributed by atoms with Gasteiger partial charge in [-0.15, -0.1) is 0 Å². The molecule has 26 heavy (non-hydrogen) atoms. The fourth-order valence-electron chi connectivity index (χ4n) is 3.58. The number of rotatable bonds is 7. The van der Waals surface area contributed by atoms with Crippen molar-refractivity contribution in [3.63, 3.8) is 0 Å². The van der Waals surface area contributed by atoms with Crippen LogP contribution in [0.1, 0.15) is 56.0 Å². The first-order chi connectivity index (χ1) is 12.6. The van der Waals surface area contributed by atoms with Gasteiger partial charge in [-0.05, 0) is 44.5 Å². The van der Waals surface area contributed by atoms with Gasteiger partial charge in [-0.1, -0.05) is 44.0 Å². The summed E-state index contributed by atoms with van der Waals surface area (Å²) >= 11 is 0. The first-order valence-electron chi connectivity index (χ1n) is 9.52. The third-order valence-electron chi connectivity index (χ3n) is 5.05. The van der Waals surface area contributed by atoms with E-state index < -0.39 is 5.66 Å². The second kappa shape index (κ2) is 7.81. The van der Waals surface area contributed by atoms with Crippen LogP contribution in [0.5, 0.6) is 5.75 Å². The van der Waals surface area contributed by atoms with Crippen LogP contribution in [0.25, 0.3) is 0 Å². The molecule has 4 nitrogen and oxygen atoms in total. The molecule has 1 aliphatic heterocycles. The lowest BCUT2D eigenvalue weighted by molar-refractivity contribution is 0.0552. The molecular weight excluding hydrogens is 324 g/mol. The predicted molar refractivity (Wildman–Crippen MR) is 106 cm³/mol. The van der Waals surface area contributed by atoms with Crippen LogP contribution in [0.4, 0.5) is 5.69 Å². The molecule has 1 atom stereocenters. The first kappa shape index (κ1) is 18.3. The Morgan fingerprint density at radius 2 is 1.88 bits per heavy atom. The molecule has 138 valence electrons. The Labute approximate surface area is 156 Å². The Morgan fingerprint density at radius 1 is 1.08 bits per heavy atom. The number of amides is 1. The summed E-state index contributed by atoms with van der Waals surface area (Å²) in [5.74, 6) is 0.905. The quantitative estimate of drug-likeness (QED) is 0.712. The van der Waals surface area contributed by atoms with Crippen LogP contribution in [0.2, 0.25) is 0 Å². The van der Waals surface area contributed by atoms with Crippen molar-refractivity contribution in [2.45, 2.75) is 45.7 Å². The summed E-state index contributed by atoms with van der Waals surface area (Å²) in [4.78, 5) is 14.9. The molecule has 1 heterocycles. The average Bonchev–Trinajstić information content (AvgIpc) is 2.66. The van der Waals surface area contributed by atoms with Crippen molar-refractivity contribution in [1.82, 2.24) is 4.90 Å². The van der Waals surface area contributed by atoms with E-state index in [4.69, 9.17) is 4.74 Å². The van der Waals surface area contributed by atoms with Gasteiger partial charge in [0.1, 0.15) is 11.4 Å². The van der Waals surface area contributed by atoms with E-state index >= 15 is 0 Å². The summed E-state index contributed by atoms with van der Waals surface area (Å²) in [5, 5.41) is 3.57. The second-order valence-electron chi connectivity index (χ2n) is 6.88. The molecular formula is C22H28N2O2. The minimum absolute atomic E-state index is 0.0543. The Kier molecular flexibility index (Phi) is 5.50. The summed E-state index contributed by atoms with van der Waals surface area (Å²) in [6.45, 7) is 7.60. The highest BCUT2D eigenvalue weighted by molar-refractivity contribution is 6.02. The highest BCUT2D eigenvalue weighted by atomic mass is 16.5. The van der Waals surface area contributed by atoms with Crippen LogP contribution in [-0.4, -0.2) is 24.0 Å². The van der Waals surface area contributed by atoms with Gasteiger partial charge in [0.25, 0.3) is 5.91 Å². The van der Waals surface area contributed by atoms with Crippen LogP contribution in [0, 0.1) is 0 Å². The molecule has 0 saturated heterocycles. The molecule has 0 radical (unpaired) electrons. The third kappa shape index (κ3) is 3.41. The van der Waals surface area contributed by atoms with E-state index in [1.54, 1.807) is 0 Å². The normalized spacial score (nSPS) is 19.0. The van der Waals surface area contributed by atoms with Crippen molar-refractivity contribution in [2.24, 2.45) is 0 Å². The monoisotopic (exact) mass is 352 g/mol. The maximum Gasteiger partial charge on any atom is 0.258 e. The summed E-state index contributed by atoms with van der Waals surface area (Å²) in [7, 11) is 0. The molecule has 0 saturated carbocycles. The van der Waals surface area contributed by atoms with Crippen molar-refractivity contribution in [3.8, 4) is 5.75 Å². The summed E-state index contributed by atoms with van der Waals surface area (Å²) < 4.78 is 5.92. The van der Waals surface area contributed by atoms with Gasteiger partial charge in [0.2, 0.25) is 0 Å². The maximum absolute atomic E-state index is 13.0. The molecule has 1 unspecified atom stereocenters. The lowest BCUT2D eigenvalue weighted by atomic mass is 9.93. The number of ether oxygens (including phenoxy) is 1. The standard InChI is InChI=1S/C22H28N2O2/c1-4-6-9-15-26-18-12-10-11-17(16-18)22(3)23-20-14-8-7-13-19(20)21(25)24(22)5-2/h7-8,10-14,16,23H,4-6,9,15H2,1-3H3. The highest BCUT2D eigenvalue weighted by Gasteiger charge is 2.41. The lowest BCUT2D eigenvalue weighted by Crippen LogP contribution is -2.55. The van der Waals surface area contributed by atoms with Crippen LogP contribution in [0.15, 0.2) is 48.5 Å². The van der Waals surface area contributed by atoms with Gasteiger partial charge in [0, 0.05) is 17.8 Å². The van der Waals surface area contributed by atoms with Crippen molar-refractivity contribution >= 4 is 11.6 Å². The molecule has 3 rings (SSSR count). The zero-order valence-corrected chi connectivity index (χ0v) is 15.9. The zero-order chi connectivity index (χ0) is 18.6. The van der Waals surface area contributed by atoms with Gasteiger partial charge >= 0.3 is 0 Å². The zero-order valence-electron chi connectivity index (χ0n) is 15.9. The van der Waals surface area contributed by atoms with Gasteiger partial charge in [0.15, 0.2) is 0 Å². The van der Waals surface area contributed by atoms with E-state index in [2.05, 4.69) is 25.2 Å². The number of para-hydroxylation sites is 1. The van der Waals surface area contributed by atoms with Gasteiger partial charge in [-0.2, -0.15) is 0 Å². The fraction of sp³-hybridized carbons (Fsp3) is 0.409. The van der Waals surface area contributed by atoms with Gasteiger partial charge in [-0.3, -0.25) is 4.79 Å². The van der Waals surface area contributed by atoms with Crippen molar-refractivity contribution in [2.75, 3.05) is 18.5 Å². The molecule has 0 fully saturated rings. The van der Waals surface area contributed by atoms with Gasteiger partial charge in [-0.25, -0.2) is 0 Å². The Bertz CT molecular complexity index is 774. The van der Waals surface area contributed by atoms with E-state index in [1.165, 1.54) is 12.8 Å². The Morgan fingerprint density at radius 3 is 2.65 bits per heavy atom. The molecule has 2 aromatic rings. The van der Waals surface area contributed by atoms with Crippen molar-refractivity contribution in [3.05, 3.63) is 59.7 Å². The number of anilines is 1. The van der Waals surface area contributed by atoms with Crippen LogP contribution in [0.3, 0.4) is 0 Å².